The molecule has 0 radical (unpaired) electrons. The van der Waals surface area contributed by atoms with Gasteiger partial charge in [0.25, 0.3) is 0 Å². The summed E-state index contributed by atoms with van der Waals surface area (Å²) in [7, 11) is 0. The van der Waals surface area contributed by atoms with Gasteiger partial charge in [0.2, 0.25) is 0 Å². The van der Waals surface area contributed by atoms with Gasteiger partial charge in [-0.15, -0.1) is 5.10 Å². The van der Waals surface area contributed by atoms with Gasteiger partial charge in [-0.2, -0.15) is 0 Å². The van der Waals surface area contributed by atoms with Crippen molar-refractivity contribution in [2.45, 2.75) is 31.8 Å². The molecule has 1 aromatic heterocycles. The number of aromatic nitrogens is 3. The van der Waals surface area contributed by atoms with Crippen molar-refractivity contribution in [2.75, 3.05) is 13.1 Å². The van der Waals surface area contributed by atoms with Crippen LogP contribution in [-0.2, 0) is 11.3 Å². The van der Waals surface area contributed by atoms with Crippen LogP contribution in [0.2, 0.25) is 0 Å². The number of aliphatic carboxylic acids is 1. The molecule has 3 rings (SSSR count). The zero-order valence-electron chi connectivity index (χ0n) is 11.7. The third kappa shape index (κ3) is 2.70. The normalized spacial score (nSPS) is 27.6. The lowest BCUT2D eigenvalue weighted by Gasteiger charge is -2.24. The van der Waals surface area contributed by atoms with E-state index >= 15 is 0 Å². The van der Waals surface area contributed by atoms with E-state index in [-0.39, 0.29) is 11.9 Å². The Morgan fingerprint density at radius 1 is 1.38 bits per heavy atom. The smallest absolute Gasteiger partial charge is 0.326 e. The van der Waals surface area contributed by atoms with E-state index in [1.165, 1.54) is 4.90 Å². The van der Waals surface area contributed by atoms with Crippen LogP contribution < -0.4 is 5.32 Å². The van der Waals surface area contributed by atoms with Crippen LogP contribution in [0.4, 0.5) is 4.79 Å². The van der Waals surface area contributed by atoms with Crippen LogP contribution in [0.1, 0.15) is 19.3 Å². The van der Waals surface area contributed by atoms with Gasteiger partial charge in [-0.1, -0.05) is 11.6 Å². The number of likely N-dealkylation sites (tertiary alicyclic amines) is 1. The summed E-state index contributed by atoms with van der Waals surface area (Å²) in [6.07, 6.45) is 6.29. The minimum atomic E-state index is -0.893. The molecule has 0 aromatic carbocycles. The molecule has 1 aromatic rings. The van der Waals surface area contributed by atoms with Gasteiger partial charge >= 0.3 is 12.0 Å². The van der Waals surface area contributed by atoms with Crippen molar-refractivity contribution in [1.29, 1.82) is 0 Å². The topological polar surface area (TPSA) is 100 Å². The average Bonchev–Trinajstić information content (AvgIpc) is 3.13. The number of hydrogen-bond donors (Lipinski definition) is 2. The van der Waals surface area contributed by atoms with Gasteiger partial charge < -0.3 is 15.3 Å². The monoisotopic (exact) mass is 293 g/mol. The van der Waals surface area contributed by atoms with E-state index < -0.39 is 12.0 Å². The van der Waals surface area contributed by atoms with Crippen molar-refractivity contribution >= 4 is 12.0 Å². The van der Waals surface area contributed by atoms with Crippen LogP contribution in [0.25, 0.3) is 0 Å². The minimum absolute atomic E-state index is 0.114. The largest absolute Gasteiger partial charge is 0.480 e. The molecule has 8 heteroatoms. The molecule has 1 aliphatic carbocycles. The lowest BCUT2D eigenvalue weighted by atomic mass is 9.94. The molecule has 3 atom stereocenters. The SMILES string of the molecule is O=C(O)C1C2CCCC2CN1C(=O)NCCn1ccnn1. The second-order valence-electron chi connectivity index (χ2n) is 5.69. The van der Waals surface area contributed by atoms with Crippen molar-refractivity contribution in [3.05, 3.63) is 12.4 Å². The molecule has 2 heterocycles. The molecule has 0 bridgehead atoms. The van der Waals surface area contributed by atoms with E-state index in [1.807, 2.05) is 0 Å². The number of carbonyl (C=O) groups is 2. The first-order chi connectivity index (χ1) is 10.2. The summed E-state index contributed by atoms with van der Waals surface area (Å²) in [5.41, 5.74) is 0. The Bertz CT molecular complexity index is 518. The number of rotatable bonds is 4. The highest BCUT2D eigenvalue weighted by molar-refractivity contribution is 5.83. The highest BCUT2D eigenvalue weighted by Gasteiger charge is 2.49. The molecule has 1 aliphatic heterocycles. The molecular weight excluding hydrogens is 274 g/mol. The van der Waals surface area contributed by atoms with Gasteiger partial charge in [0.1, 0.15) is 6.04 Å². The zero-order valence-corrected chi connectivity index (χ0v) is 11.7. The number of amides is 2. The lowest BCUT2D eigenvalue weighted by Crippen LogP contribution is -2.48. The Kier molecular flexibility index (Phi) is 3.76. The Hall–Kier alpha value is -2.12. The van der Waals surface area contributed by atoms with Crippen LogP contribution in [0.15, 0.2) is 12.4 Å². The second kappa shape index (κ2) is 5.71. The fourth-order valence-electron chi connectivity index (χ4n) is 3.56. The summed E-state index contributed by atoms with van der Waals surface area (Å²) in [6, 6.07) is -0.971. The standard InChI is InChI=1S/C13H19N5O3/c19-12(20)11-10-3-1-2-9(10)8-18(11)13(21)14-4-6-17-7-5-15-16-17/h5,7,9-11H,1-4,6,8H2,(H,14,21)(H,19,20). The van der Waals surface area contributed by atoms with Gasteiger partial charge in [0.05, 0.1) is 12.7 Å². The van der Waals surface area contributed by atoms with Crippen molar-refractivity contribution in [2.24, 2.45) is 11.8 Å². The summed E-state index contributed by atoms with van der Waals surface area (Å²) >= 11 is 0. The number of urea groups is 1. The summed E-state index contributed by atoms with van der Waals surface area (Å²) in [4.78, 5) is 25.2. The Labute approximate surface area is 122 Å². The first kappa shape index (κ1) is 13.8. The van der Waals surface area contributed by atoms with Gasteiger partial charge in [0.15, 0.2) is 0 Å². The quantitative estimate of drug-likeness (QED) is 0.824. The number of nitrogens with zero attached hydrogens (tertiary/aromatic N) is 4. The molecule has 21 heavy (non-hydrogen) atoms. The summed E-state index contributed by atoms with van der Waals surface area (Å²) in [5.74, 6) is -0.438. The lowest BCUT2D eigenvalue weighted by molar-refractivity contribution is -0.142. The Balaban J connectivity index is 1.57. The number of nitrogens with one attached hydrogen (secondary N) is 1. The highest BCUT2D eigenvalue weighted by Crippen LogP contribution is 2.42. The van der Waals surface area contributed by atoms with E-state index in [9.17, 15) is 14.7 Å². The number of carboxylic acid groups (broad SMARTS) is 1. The second-order valence-corrected chi connectivity index (χ2v) is 5.69. The van der Waals surface area contributed by atoms with Crippen LogP contribution >= 0.6 is 0 Å². The molecule has 0 spiro atoms. The number of hydrogen-bond acceptors (Lipinski definition) is 4. The molecular formula is C13H19N5O3. The molecule has 114 valence electrons. The van der Waals surface area contributed by atoms with Crippen molar-refractivity contribution in [3.8, 4) is 0 Å². The highest BCUT2D eigenvalue weighted by atomic mass is 16.4. The molecule has 2 amide bonds. The molecule has 3 unspecified atom stereocenters. The Morgan fingerprint density at radius 2 is 2.24 bits per heavy atom. The third-order valence-corrected chi connectivity index (χ3v) is 4.49. The third-order valence-electron chi connectivity index (χ3n) is 4.49. The Morgan fingerprint density at radius 3 is 2.95 bits per heavy atom. The van der Waals surface area contributed by atoms with E-state index in [2.05, 4.69) is 15.6 Å². The summed E-state index contributed by atoms with van der Waals surface area (Å²) in [6.45, 7) is 1.47. The molecule has 2 aliphatic rings. The van der Waals surface area contributed by atoms with Crippen LogP contribution in [0.3, 0.4) is 0 Å². The van der Waals surface area contributed by atoms with E-state index in [4.69, 9.17) is 0 Å². The van der Waals surface area contributed by atoms with Crippen LogP contribution in [0.5, 0.6) is 0 Å². The van der Waals surface area contributed by atoms with E-state index in [1.54, 1.807) is 17.1 Å². The van der Waals surface area contributed by atoms with Gasteiger partial charge in [-0.25, -0.2) is 9.59 Å². The number of fused-ring (bicyclic) bond motifs is 1. The average molecular weight is 293 g/mol. The first-order valence-corrected chi connectivity index (χ1v) is 7.28. The molecule has 1 saturated carbocycles. The van der Waals surface area contributed by atoms with Crippen molar-refractivity contribution in [3.63, 3.8) is 0 Å². The fraction of sp³-hybridized carbons (Fsp3) is 0.692. The predicted octanol–water partition coefficient (Wildman–Crippen LogP) is 0.173. The predicted molar refractivity (Wildman–Crippen MR) is 72.4 cm³/mol. The maximum absolute atomic E-state index is 12.2. The van der Waals surface area contributed by atoms with Crippen molar-refractivity contribution in [1.82, 2.24) is 25.2 Å². The minimum Gasteiger partial charge on any atom is -0.480 e. The van der Waals surface area contributed by atoms with Gasteiger partial charge in [-0.3, -0.25) is 4.68 Å². The molecule has 2 fully saturated rings. The van der Waals surface area contributed by atoms with Gasteiger partial charge in [-0.05, 0) is 24.7 Å². The number of carbonyl (C=O) groups excluding carboxylic acids is 1. The summed E-state index contributed by atoms with van der Waals surface area (Å²) < 4.78 is 1.62. The summed E-state index contributed by atoms with van der Waals surface area (Å²) in [5, 5.41) is 19.7. The molecule has 8 nitrogen and oxygen atoms in total. The van der Waals surface area contributed by atoms with E-state index in [0.29, 0.717) is 25.6 Å². The number of carboxylic acids is 1. The fourth-order valence-corrected chi connectivity index (χ4v) is 3.56. The van der Waals surface area contributed by atoms with Crippen molar-refractivity contribution < 1.29 is 14.7 Å². The zero-order chi connectivity index (χ0) is 14.8. The van der Waals surface area contributed by atoms with Gasteiger partial charge in [0, 0.05) is 19.3 Å². The molecule has 2 N–H and O–H groups in total. The first-order valence-electron chi connectivity index (χ1n) is 7.28. The van der Waals surface area contributed by atoms with E-state index in [0.717, 1.165) is 19.3 Å². The molecule has 1 saturated heterocycles. The maximum atomic E-state index is 12.2. The van der Waals surface area contributed by atoms with Crippen LogP contribution in [0, 0.1) is 11.8 Å². The maximum Gasteiger partial charge on any atom is 0.326 e. The van der Waals surface area contributed by atoms with Crippen LogP contribution in [-0.4, -0.2) is 56.1 Å².